The largest absolute Gasteiger partial charge is 0.416 e. The first-order valence-electron chi connectivity index (χ1n) is 9.10. The normalized spacial score (nSPS) is 16.0. The van der Waals surface area contributed by atoms with Gasteiger partial charge in [0.05, 0.1) is 16.8 Å². The lowest BCUT2D eigenvalue weighted by Crippen LogP contribution is -2.16. The van der Waals surface area contributed by atoms with Crippen LogP contribution in [-0.4, -0.2) is 18.2 Å². The summed E-state index contributed by atoms with van der Waals surface area (Å²) in [5.74, 6) is 0.375. The monoisotopic (exact) mass is 371 g/mol. The van der Waals surface area contributed by atoms with Gasteiger partial charge in [-0.2, -0.15) is 13.2 Å². The van der Waals surface area contributed by atoms with E-state index in [1.807, 2.05) is 25.1 Å². The smallest absolute Gasteiger partial charge is 0.381 e. The Bertz CT molecular complexity index is 958. The fourth-order valence-electron chi connectivity index (χ4n) is 3.94. The van der Waals surface area contributed by atoms with Crippen LogP contribution in [0.15, 0.2) is 48.5 Å². The van der Waals surface area contributed by atoms with Gasteiger partial charge in [-0.05, 0) is 55.0 Å². The van der Waals surface area contributed by atoms with Gasteiger partial charge in [0.25, 0.3) is 0 Å². The Kier molecular flexibility index (Phi) is 4.64. The molecule has 0 unspecified atom stereocenters. The lowest BCUT2D eigenvalue weighted by atomic mass is 9.84. The molecule has 2 heterocycles. The van der Waals surface area contributed by atoms with Crippen LogP contribution in [0.4, 0.5) is 13.2 Å². The number of fused-ring (bicyclic) bond motifs is 1. The van der Waals surface area contributed by atoms with Crippen LogP contribution in [0.25, 0.3) is 22.2 Å². The summed E-state index contributed by atoms with van der Waals surface area (Å²) in [4.78, 5) is 4.78. The molecule has 3 aromatic rings. The van der Waals surface area contributed by atoms with Crippen LogP contribution in [0.2, 0.25) is 0 Å². The number of pyridine rings is 1. The van der Waals surface area contributed by atoms with Gasteiger partial charge in [0.15, 0.2) is 0 Å². The van der Waals surface area contributed by atoms with E-state index in [-0.39, 0.29) is 0 Å². The highest BCUT2D eigenvalue weighted by Crippen LogP contribution is 2.39. The molecule has 2 nitrogen and oxygen atoms in total. The SMILES string of the molecule is Cc1c(-c2ccc(C(F)(F)F)cc2)nc2ccccc2c1C1CCOCC1. The summed E-state index contributed by atoms with van der Waals surface area (Å²) in [6.07, 6.45) is -2.44. The summed E-state index contributed by atoms with van der Waals surface area (Å²) in [6.45, 7) is 3.49. The zero-order valence-corrected chi connectivity index (χ0v) is 15.0. The lowest BCUT2D eigenvalue weighted by Gasteiger charge is -2.26. The van der Waals surface area contributed by atoms with Crippen molar-refractivity contribution in [3.63, 3.8) is 0 Å². The molecule has 1 aliphatic heterocycles. The minimum Gasteiger partial charge on any atom is -0.381 e. The highest BCUT2D eigenvalue weighted by molar-refractivity contribution is 5.87. The third kappa shape index (κ3) is 3.44. The van der Waals surface area contributed by atoms with E-state index in [1.165, 1.54) is 17.7 Å². The van der Waals surface area contributed by atoms with Crippen molar-refractivity contribution >= 4 is 10.9 Å². The van der Waals surface area contributed by atoms with Gasteiger partial charge in [-0.25, -0.2) is 4.98 Å². The summed E-state index contributed by atoms with van der Waals surface area (Å²) < 4.78 is 44.2. The van der Waals surface area contributed by atoms with Crippen LogP contribution in [0.1, 0.15) is 35.4 Å². The van der Waals surface area contributed by atoms with Crippen molar-refractivity contribution in [3.05, 3.63) is 65.2 Å². The van der Waals surface area contributed by atoms with Crippen molar-refractivity contribution in [2.24, 2.45) is 0 Å². The Labute approximate surface area is 156 Å². The predicted molar refractivity (Wildman–Crippen MR) is 99.7 cm³/mol. The molecule has 0 bridgehead atoms. The van der Waals surface area contributed by atoms with E-state index in [9.17, 15) is 13.2 Å². The van der Waals surface area contributed by atoms with Gasteiger partial charge in [0.2, 0.25) is 0 Å². The number of ether oxygens (including phenoxy) is 1. The summed E-state index contributed by atoms with van der Waals surface area (Å²) in [7, 11) is 0. The van der Waals surface area contributed by atoms with Crippen LogP contribution >= 0.6 is 0 Å². The highest BCUT2D eigenvalue weighted by atomic mass is 19.4. The second kappa shape index (κ2) is 6.97. The van der Waals surface area contributed by atoms with E-state index in [0.29, 0.717) is 11.5 Å². The third-order valence-electron chi connectivity index (χ3n) is 5.30. The molecule has 2 aromatic carbocycles. The summed E-state index contributed by atoms with van der Waals surface area (Å²) in [6, 6.07) is 13.3. The average Bonchev–Trinajstić information content (AvgIpc) is 2.67. The zero-order valence-electron chi connectivity index (χ0n) is 15.0. The van der Waals surface area contributed by atoms with Crippen LogP contribution in [-0.2, 0) is 10.9 Å². The maximum absolute atomic E-state index is 12.9. The molecule has 1 aliphatic rings. The first-order valence-corrected chi connectivity index (χ1v) is 9.10. The quantitative estimate of drug-likeness (QED) is 0.541. The van der Waals surface area contributed by atoms with E-state index >= 15 is 0 Å². The van der Waals surface area contributed by atoms with Gasteiger partial charge in [-0.1, -0.05) is 30.3 Å². The Morgan fingerprint density at radius 1 is 0.963 bits per heavy atom. The molecule has 0 N–H and O–H groups in total. The Balaban J connectivity index is 1.87. The summed E-state index contributed by atoms with van der Waals surface area (Å²) in [5.41, 5.74) is 3.98. The molecule has 0 atom stereocenters. The van der Waals surface area contributed by atoms with Crippen LogP contribution in [0.3, 0.4) is 0 Å². The first-order chi connectivity index (χ1) is 12.9. The molecule has 0 saturated carbocycles. The highest BCUT2D eigenvalue weighted by Gasteiger charge is 2.30. The van der Waals surface area contributed by atoms with Crippen molar-refractivity contribution in [1.29, 1.82) is 0 Å². The molecule has 0 aliphatic carbocycles. The topological polar surface area (TPSA) is 22.1 Å². The number of alkyl halides is 3. The standard InChI is InChI=1S/C22H20F3NO/c1-14-20(15-10-12-27-13-11-15)18-4-2-3-5-19(18)26-21(14)16-6-8-17(9-7-16)22(23,24)25/h2-9,15H,10-13H2,1H3. The van der Waals surface area contributed by atoms with Crippen molar-refractivity contribution in [2.45, 2.75) is 31.9 Å². The van der Waals surface area contributed by atoms with Gasteiger partial charge in [0.1, 0.15) is 0 Å². The van der Waals surface area contributed by atoms with Gasteiger partial charge < -0.3 is 4.74 Å². The zero-order chi connectivity index (χ0) is 19.0. The minimum atomic E-state index is -4.34. The summed E-state index contributed by atoms with van der Waals surface area (Å²) >= 11 is 0. The number of aromatic nitrogens is 1. The molecule has 1 fully saturated rings. The molecule has 27 heavy (non-hydrogen) atoms. The van der Waals surface area contributed by atoms with Crippen LogP contribution in [0, 0.1) is 6.92 Å². The van der Waals surface area contributed by atoms with Crippen molar-refractivity contribution in [2.75, 3.05) is 13.2 Å². The van der Waals surface area contributed by atoms with Crippen LogP contribution < -0.4 is 0 Å². The molecule has 0 radical (unpaired) electrons. The molecule has 1 aromatic heterocycles. The third-order valence-corrected chi connectivity index (χ3v) is 5.30. The van der Waals surface area contributed by atoms with Gasteiger partial charge in [-0.15, -0.1) is 0 Å². The van der Waals surface area contributed by atoms with E-state index < -0.39 is 11.7 Å². The Hall–Kier alpha value is -2.40. The fraction of sp³-hybridized carbons (Fsp3) is 0.318. The minimum absolute atomic E-state index is 0.375. The van der Waals surface area contributed by atoms with Crippen molar-refractivity contribution < 1.29 is 17.9 Å². The Morgan fingerprint density at radius 3 is 2.30 bits per heavy atom. The number of rotatable bonds is 2. The predicted octanol–water partition coefficient (Wildman–Crippen LogP) is 6.12. The number of nitrogens with zero attached hydrogens (tertiary/aromatic N) is 1. The Morgan fingerprint density at radius 2 is 1.63 bits per heavy atom. The molecule has 0 spiro atoms. The molecular formula is C22H20F3NO. The maximum Gasteiger partial charge on any atom is 0.416 e. The van der Waals surface area contributed by atoms with Crippen LogP contribution in [0.5, 0.6) is 0 Å². The van der Waals surface area contributed by atoms with E-state index in [2.05, 4.69) is 6.07 Å². The van der Waals surface area contributed by atoms with Crippen molar-refractivity contribution in [3.8, 4) is 11.3 Å². The van der Waals surface area contributed by atoms with E-state index in [0.717, 1.165) is 60.3 Å². The fourth-order valence-corrected chi connectivity index (χ4v) is 3.94. The molecule has 140 valence electrons. The van der Waals surface area contributed by atoms with Gasteiger partial charge in [0, 0.05) is 24.2 Å². The molecule has 1 saturated heterocycles. The lowest BCUT2D eigenvalue weighted by molar-refractivity contribution is -0.137. The van der Waals surface area contributed by atoms with Gasteiger partial charge in [-0.3, -0.25) is 0 Å². The average molecular weight is 371 g/mol. The molecule has 0 amide bonds. The number of benzene rings is 2. The number of para-hydroxylation sites is 1. The second-order valence-electron chi connectivity index (χ2n) is 6.98. The second-order valence-corrected chi connectivity index (χ2v) is 6.98. The maximum atomic E-state index is 12.9. The summed E-state index contributed by atoms with van der Waals surface area (Å²) in [5, 5.41) is 1.12. The first kappa shape index (κ1) is 18.0. The van der Waals surface area contributed by atoms with E-state index in [1.54, 1.807) is 0 Å². The van der Waals surface area contributed by atoms with Crippen molar-refractivity contribution in [1.82, 2.24) is 4.98 Å². The number of hydrogen-bond donors (Lipinski definition) is 0. The number of hydrogen-bond acceptors (Lipinski definition) is 2. The number of halogens is 3. The van der Waals surface area contributed by atoms with Gasteiger partial charge >= 0.3 is 6.18 Å². The van der Waals surface area contributed by atoms with E-state index in [4.69, 9.17) is 9.72 Å². The molecule has 4 rings (SSSR count). The molecular weight excluding hydrogens is 351 g/mol. The molecule has 5 heteroatoms.